The van der Waals surface area contributed by atoms with Crippen molar-refractivity contribution in [3.63, 3.8) is 0 Å². The molecule has 0 radical (unpaired) electrons. The highest BCUT2D eigenvalue weighted by atomic mass is 35.5. The van der Waals surface area contributed by atoms with Crippen molar-refractivity contribution in [3.05, 3.63) is 0 Å². The first-order chi connectivity index (χ1) is 17.9. The van der Waals surface area contributed by atoms with Gasteiger partial charge in [-0.15, -0.1) is 0 Å². The van der Waals surface area contributed by atoms with Gasteiger partial charge < -0.3 is 15.5 Å². The summed E-state index contributed by atoms with van der Waals surface area (Å²) in [7, 11) is 0. The van der Waals surface area contributed by atoms with Gasteiger partial charge in [0, 0.05) is 19.5 Å². The Hall–Kier alpha value is -2.57. The fraction of sp³-hybridized carbons (Fsp3) is 0.800. The highest BCUT2D eigenvalue weighted by Crippen LogP contribution is 2.65. The van der Waals surface area contributed by atoms with E-state index in [1.165, 1.54) is 4.90 Å². The summed E-state index contributed by atoms with van der Waals surface area (Å²) in [6, 6.07) is -2.28. The molecule has 2 aliphatic carbocycles. The lowest BCUT2D eigenvalue weighted by atomic mass is 9.85. The molecule has 14 heteroatoms. The Kier molecular flexibility index (Phi) is 7.40. The van der Waals surface area contributed by atoms with Crippen LogP contribution in [0.1, 0.15) is 47.5 Å². The van der Waals surface area contributed by atoms with E-state index in [9.17, 15) is 37.1 Å². The molecule has 218 valence electrons. The van der Waals surface area contributed by atoms with Crippen molar-refractivity contribution in [2.24, 2.45) is 34.5 Å². The summed E-state index contributed by atoms with van der Waals surface area (Å²) >= 11 is 5.37. The minimum Gasteiger partial charge on any atom is -0.356 e. The number of piperidine rings is 1. The standard InChI is InChI=1S/C25H35ClF3N5O5/c1-23(2,3)16(31-19(36)12-8-25(12,28)29)21(38)33-10-13-14(24(13,4)5)15(33)20(37)32-34(22(39)17(26)27)9-11-6-7-30-18(11)35/h11-17H,6-10H2,1-5H3,(H,30,35)(H,31,36)(H,32,37)/t11-,12+,13-,14-,15-,16?,17?/m0/s1. The van der Waals surface area contributed by atoms with Gasteiger partial charge in [0.05, 0.1) is 12.5 Å². The number of amides is 5. The van der Waals surface area contributed by atoms with Crippen LogP contribution < -0.4 is 16.1 Å². The molecule has 3 N–H and O–H groups in total. The van der Waals surface area contributed by atoms with E-state index in [0.29, 0.717) is 18.0 Å². The number of hydrogen-bond donors (Lipinski definition) is 3. The molecule has 4 fully saturated rings. The first kappa shape index (κ1) is 29.4. The van der Waals surface area contributed by atoms with Crippen LogP contribution in [0.25, 0.3) is 0 Å². The summed E-state index contributed by atoms with van der Waals surface area (Å²) in [5.41, 5.74) is -1.28. The number of carbonyl (C=O) groups excluding carboxylic acids is 5. The van der Waals surface area contributed by atoms with Crippen molar-refractivity contribution in [1.82, 2.24) is 26.0 Å². The Balaban J connectivity index is 1.55. The summed E-state index contributed by atoms with van der Waals surface area (Å²) in [4.78, 5) is 65.8. The Bertz CT molecular complexity index is 1080. The maximum absolute atomic E-state index is 13.8. The minimum absolute atomic E-state index is 0.0620. The van der Waals surface area contributed by atoms with E-state index in [2.05, 4.69) is 16.1 Å². The first-order valence-electron chi connectivity index (χ1n) is 13.0. The third-order valence-electron chi connectivity index (χ3n) is 8.57. The summed E-state index contributed by atoms with van der Waals surface area (Å²) < 4.78 is 40.8. The van der Waals surface area contributed by atoms with E-state index in [4.69, 9.17) is 11.6 Å². The number of nitrogens with one attached hydrogen (secondary N) is 3. The predicted octanol–water partition coefficient (Wildman–Crippen LogP) is 1.19. The average molecular weight is 578 g/mol. The molecule has 0 aromatic heterocycles. The number of carbonyl (C=O) groups is 5. The summed E-state index contributed by atoms with van der Waals surface area (Å²) in [5.74, 6) is -9.57. The molecule has 0 aromatic rings. The van der Waals surface area contributed by atoms with Crippen LogP contribution in [0.15, 0.2) is 0 Å². The van der Waals surface area contributed by atoms with Gasteiger partial charge in [-0.05, 0) is 29.1 Å². The molecule has 0 bridgehead atoms. The predicted molar refractivity (Wildman–Crippen MR) is 132 cm³/mol. The number of hydrazine groups is 1. The van der Waals surface area contributed by atoms with E-state index in [-0.39, 0.29) is 36.2 Å². The van der Waals surface area contributed by atoms with Crippen LogP contribution in [0.5, 0.6) is 0 Å². The van der Waals surface area contributed by atoms with Gasteiger partial charge in [0.15, 0.2) is 0 Å². The van der Waals surface area contributed by atoms with Gasteiger partial charge in [-0.2, -0.15) is 0 Å². The maximum atomic E-state index is 13.8. The quantitative estimate of drug-likeness (QED) is 0.309. The van der Waals surface area contributed by atoms with Crippen LogP contribution in [-0.4, -0.2) is 82.7 Å². The summed E-state index contributed by atoms with van der Waals surface area (Å²) in [6.45, 7) is 9.13. The van der Waals surface area contributed by atoms with Gasteiger partial charge in [-0.3, -0.25) is 29.4 Å². The lowest BCUT2D eigenvalue weighted by Crippen LogP contribution is -2.61. The number of fused-ring (bicyclic) bond motifs is 1. The van der Waals surface area contributed by atoms with Crippen molar-refractivity contribution in [1.29, 1.82) is 0 Å². The largest absolute Gasteiger partial charge is 0.356 e. The van der Waals surface area contributed by atoms with Crippen LogP contribution in [0.4, 0.5) is 13.2 Å². The highest BCUT2D eigenvalue weighted by Gasteiger charge is 2.70. The normalized spacial score (nSPS) is 31.5. The molecular formula is C25H35ClF3N5O5. The number of likely N-dealkylation sites (tertiary alicyclic amines) is 1. The second-order valence-corrected chi connectivity index (χ2v) is 13.1. The van der Waals surface area contributed by atoms with E-state index >= 15 is 0 Å². The summed E-state index contributed by atoms with van der Waals surface area (Å²) in [6.07, 6.45) is -0.216. The van der Waals surface area contributed by atoms with E-state index < -0.39 is 70.9 Å². The number of alkyl halides is 4. The Morgan fingerprint density at radius 2 is 1.82 bits per heavy atom. The number of nitrogens with zero attached hydrogens (tertiary/aromatic N) is 2. The third-order valence-corrected chi connectivity index (χ3v) is 8.75. The molecule has 2 saturated carbocycles. The van der Waals surface area contributed by atoms with Crippen LogP contribution in [-0.2, 0) is 24.0 Å². The zero-order valence-corrected chi connectivity index (χ0v) is 23.3. The zero-order valence-electron chi connectivity index (χ0n) is 22.5. The van der Waals surface area contributed by atoms with Gasteiger partial charge in [0.2, 0.25) is 17.7 Å². The molecule has 2 heterocycles. The second kappa shape index (κ2) is 9.81. The number of halogens is 4. The topological polar surface area (TPSA) is 128 Å². The van der Waals surface area contributed by atoms with Crippen molar-refractivity contribution >= 4 is 41.1 Å². The van der Waals surface area contributed by atoms with E-state index in [1.807, 2.05) is 13.8 Å². The average Bonchev–Trinajstić information content (AvgIpc) is 3.37. The van der Waals surface area contributed by atoms with Gasteiger partial charge in [0.25, 0.3) is 23.4 Å². The van der Waals surface area contributed by atoms with Crippen molar-refractivity contribution in [2.75, 3.05) is 19.6 Å². The SMILES string of the molecule is CC(C)(C)C(NC(=O)[C@H]1CC1(F)F)C(=O)N1C[C@H]2[C@@H]([C@H]1C(=O)NN(C[C@@H]1CCNC1=O)C(=O)C(F)Cl)C2(C)C. The Morgan fingerprint density at radius 1 is 1.21 bits per heavy atom. The van der Waals surface area contributed by atoms with Crippen LogP contribution >= 0.6 is 11.6 Å². The number of hydrogen-bond acceptors (Lipinski definition) is 5. The minimum atomic E-state index is -3.11. The molecule has 2 unspecified atom stereocenters. The highest BCUT2D eigenvalue weighted by molar-refractivity contribution is 6.29. The smallest absolute Gasteiger partial charge is 0.291 e. The fourth-order valence-electron chi connectivity index (χ4n) is 5.92. The Labute approximate surface area is 229 Å². The fourth-order valence-corrected chi connectivity index (χ4v) is 6.03. The molecule has 10 nitrogen and oxygen atoms in total. The Morgan fingerprint density at radius 3 is 2.31 bits per heavy atom. The van der Waals surface area contributed by atoms with Gasteiger partial charge >= 0.3 is 0 Å². The van der Waals surface area contributed by atoms with E-state index in [1.54, 1.807) is 20.8 Å². The third kappa shape index (κ3) is 5.55. The molecule has 2 aliphatic heterocycles. The molecule has 4 aliphatic rings. The maximum Gasteiger partial charge on any atom is 0.291 e. The van der Waals surface area contributed by atoms with Crippen LogP contribution in [0, 0.1) is 34.5 Å². The molecule has 4 rings (SSSR count). The molecule has 7 atom stereocenters. The van der Waals surface area contributed by atoms with Crippen molar-refractivity contribution in [2.45, 2.75) is 71.1 Å². The molecule has 0 aromatic carbocycles. The van der Waals surface area contributed by atoms with Gasteiger partial charge in [-0.25, -0.2) is 18.2 Å². The molecule has 2 saturated heterocycles. The zero-order chi connectivity index (χ0) is 29.2. The van der Waals surface area contributed by atoms with Gasteiger partial charge in [-0.1, -0.05) is 46.2 Å². The molecular weight excluding hydrogens is 543 g/mol. The van der Waals surface area contributed by atoms with Crippen molar-refractivity contribution in [3.8, 4) is 0 Å². The van der Waals surface area contributed by atoms with Crippen LogP contribution in [0.2, 0.25) is 0 Å². The van der Waals surface area contributed by atoms with Crippen molar-refractivity contribution < 1.29 is 37.1 Å². The first-order valence-corrected chi connectivity index (χ1v) is 13.5. The second-order valence-electron chi connectivity index (χ2n) is 12.7. The van der Waals surface area contributed by atoms with Crippen LogP contribution in [0.3, 0.4) is 0 Å². The monoisotopic (exact) mass is 577 g/mol. The molecule has 0 spiro atoms. The van der Waals surface area contributed by atoms with E-state index in [0.717, 1.165) is 0 Å². The summed E-state index contributed by atoms with van der Waals surface area (Å²) in [5, 5.41) is 5.76. The lowest BCUT2D eigenvalue weighted by molar-refractivity contribution is -0.151. The molecule has 5 amide bonds. The lowest BCUT2D eigenvalue weighted by Gasteiger charge is -2.38. The molecule has 39 heavy (non-hydrogen) atoms. The number of rotatable bonds is 7. The van der Waals surface area contributed by atoms with Gasteiger partial charge in [0.1, 0.15) is 18.0 Å².